The summed E-state index contributed by atoms with van der Waals surface area (Å²) >= 11 is 9.87. The summed E-state index contributed by atoms with van der Waals surface area (Å²) in [5, 5.41) is -0.192. The Morgan fingerprint density at radius 2 is 2.05 bits per heavy atom. The second-order valence-electron chi connectivity index (χ2n) is 4.65. The summed E-state index contributed by atoms with van der Waals surface area (Å²) in [6.07, 6.45) is 1.77. The van der Waals surface area contributed by atoms with Crippen molar-refractivity contribution >= 4 is 38.7 Å². The Morgan fingerprint density at radius 1 is 1.25 bits per heavy atom. The zero-order valence-electron chi connectivity index (χ0n) is 11.1. The lowest BCUT2D eigenvalue weighted by Gasteiger charge is -2.13. The van der Waals surface area contributed by atoms with Crippen molar-refractivity contribution in [2.24, 2.45) is 0 Å². The fourth-order valence-electron chi connectivity index (χ4n) is 2.27. The summed E-state index contributed by atoms with van der Waals surface area (Å²) in [5.41, 5.74) is 3.87. The zero-order valence-corrected chi connectivity index (χ0v) is 13.5. The first-order chi connectivity index (χ1) is 9.59. The van der Waals surface area contributed by atoms with E-state index < -0.39 is 0 Å². The van der Waals surface area contributed by atoms with Gasteiger partial charge in [-0.25, -0.2) is 9.97 Å². The van der Waals surface area contributed by atoms with Gasteiger partial charge in [-0.15, -0.1) is 11.6 Å². The van der Waals surface area contributed by atoms with Gasteiger partial charge in [0.2, 0.25) is 0 Å². The van der Waals surface area contributed by atoms with Crippen molar-refractivity contribution in [2.45, 2.75) is 19.2 Å². The molecule has 0 aliphatic heterocycles. The van der Waals surface area contributed by atoms with Gasteiger partial charge in [-0.1, -0.05) is 22.0 Å². The molecule has 0 spiro atoms. The van der Waals surface area contributed by atoms with Crippen LogP contribution in [0.5, 0.6) is 0 Å². The van der Waals surface area contributed by atoms with E-state index in [1.165, 1.54) is 0 Å². The molecule has 0 amide bonds. The third-order valence-electron chi connectivity index (χ3n) is 3.28. The first-order valence-electron chi connectivity index (χ1n) is 6.32. The van der Waals surface area contributed by atoms with Crippen LogP contribution in [0.2, 0.25) is 0 Å². The van der Waals surface area contributed by atoms with Crippen LogP contribution in [-0.2, 0) is 0 Å². The number of alkyl halides is 1. The molecule has 0 aliphatic rings. The lowest BCUT2D eigenvalue weighted by molar-refractivity contribution is 0.872. The van der Waals surface area contributed by atoms with Crippen molar-refractivity contribution in [3.63, 3.8) is 0 Å². The minimum Gasteiger partial charge on any atom is -0.279 e. The van der Waals surface area contributed by atoms with Crippen molar-refractivity contribution in [2.75, 3.05) is 0 Å². The molecule has 102 valence electrons. The van der Waals surface area contributed by atoms with Gasteiger partial charge in [-0.05, 0) is 43.7 Å². The molecule has 0 radical (unpaired) electrons. The van der Waals surface area contributed by atoms with Crippen LogP contribution in [0.3, 0.4) is 0 Å². The van der Waals surface area contributed by atoms with E-state index in [2.05, 4.69) is 38.9 Å². The molecule has 1 atom stereocenters. The van der Waals surface area contributed by atoms with Crippen LogP contribution in [0.15, 0.2) is 41.0 Å². The van der Waals surface area contributed by atoms with Gasteiger partial charge in [0, 0.05) is 10.7 Å². The summed E-state index contributed by atoms with van der Waals surface area (Å²) in [7, 11) is 0. The number of imidazole rings is 1. The predicted octanol–water partition coefficient (Wildman–Crippen LogP) is 4.79. The molecule has 5 heteroatoms. The smallest absolute Gasteiger partial charge is 0.164 e. The summed E-state index contributed by atoms with van der Waals surface area (Å²) in [6.45, 7) is 3.99. The molecule has 3 nitrogen and oxygen atoms in total. The van der Waals surface area contributed by atoms with Crippen molar-refractivity contribution in [3.05, 3.63) is 52.4 Å². The summed E-state index contributed by atoms with van der Waals surface area (Å²) < 4.78 is 3.09. The van der Waals surface area contributed by atoms with Gasteiger partial charge in [0.15, 0.2) is 5.65 Å². The Labute approximate surface area is 130 Å². The van der Waals surface area contributed by atoms with Crippen molar-refractivity contribution < 1.29 is 0 Å². The van der Waals surface area contributed by atoms with Crippen LogP contribution in [0.25, 0.3) is 16.9 Å². The van der Waals surface area contributed by atoms with E-state index in [-0.39, 0.29) is 5.38 Å². The third-order valence-corrected chi connectivity index (χ3v) is 4.33. The second-order valence-corrected chi connectivity index (χ2v) is 6.16. The van der Waals surface area contributed by atoms with Crippen LogP contribution in [-0.4, -0.2) is 14.5 Å². The molecule has 1 unspecified atom stereocenters. The predicted molar refractivity (Wildman–Crippen MR) is 85.6 cm³/mol. The third kappa shape index (κ3) is 2.13. The number of fused-ring (bicyclic) bond motifs is 1. The highest BCUT2D eigenvalue weighted by molar-refractivity contribution is 9.10. The highest BCUT2D eigenvalue weighted by Crippen LogP contribution is 2.30. The lowest BCUT2D eigenvalue weighted by atomic mass is 10.2. The monoisotopic (exact) mass is 349 g/mol. The summed E-state index contributed by atoms with van der Waals surface area (Å²) in [5.74, 6) is 0.807. The van der Waals surface area contributed by atoms with Gasteiger partial charge in [0.05, 0.1) is 11.1 Å². The van der Waals surface area contributed by atoms with E-state index in [0.29, 0.717) is 0 Å². The fourth-order valence-corrected chi connectivity index (χ4v) is 2.77. The minimum absolute atomic E-state index is 0.192. The Bertz CT molecular complexity index is 780. The Balaban J connectivity index is 2.39. The molecule has 0 fully saturated rings. The van der Waals surface area contributed by atoms with E-state index in [1.807, 2.05) is 35.8 Å². The highest BCUT2D eigenvalue weighted by atomic mass is 79.9. The SMILES string of the molecule is Cc1c(Br)cccc1-n1c(C(C)Cl)nc2cccnc21. The lowest BCUT2D eigenvalue weighted by Crippen LogP contribution is -2.04. The largest absolute Gasteiger partial charge is 0.279 e. The van der Waals surface area contributed by atoms with Gasteiger partial charge < -0.3 is 0 Å². The summed E-state index contributed by atoms with van der Waals surface area (Å²) in [4.78, 5) is 9.07. The fraction of sp³-hybridized carbons (Fsp3) is 0.200. The zero-order chi connectivity index (χ0) is 14.3. The topological polar surface area (TPSA) is 30.7 Å². The standard InChI is InChI=1S/C15H13BrClN3/c1-9-11(16)5-3-7-13(9)20-14(10(2)17)19-12-6-4-8-18-15(12)20/h3-8,10H,1-2H3. The molecule has 3 aromatic rings. The molecule has 0 bridgehead atoms. The van der Waals surface area contributed by atoms with Crippen molar-refractivity contribution in [1.29, 1.82) is 0 Å². The van der Waals surface area contributed by atoms with Gasteiger partial charge in [-0.3, -0.25) is 4.57 Å². The average molecular weight is 351 g/mol. The van der Waals surface area contributed by atoms with E-state index in [9.17, 15) is 0 Å². The van der Waals surface area contributed by atoms with E-state index in [4.69, 9.17) is 11.6 Å². The maximum atomic E-state index is 6.30. The van der Waals surface area contributed by atoms with Crippen LogP contribution in [0, 0.1) is 6.92 Å². The van der Waals surface area contributed by atoms with E-state index >= 15 is 0 Å². The number of pyridine rings is 1. The van der Waals surface area contributed by atoms with Crippen molar-refractivity contribution in [1.82, 2.24) is 14.5 Å². The molecule has 20 heavy (non-hydrogen) atoms. The molecule has 0 aliphatic carbocycles. The number of hydrogen-bond donors (Lipinski definition) is 0. The molecule has 3 rings (SSSR count). The van der Waals surface area contributed by atoms with Gasteiger partial charge in [-0.2, -0.15) is 0 Å². The Hall–Kier alpha value is -1.39. The molecule has 0 saturated carbocycles. The molecule has 1 aromatic carbocycles. The first-order valence-corrected chi connectivity index (χ1v) is 7.55. The van der Waals surface area contributed by atoms with Crippen LogP contribution in [0.4, 0.5) is 0 Å². The Kier molecular flexibility index (Phi) is 3.52. The maximum Gasteiger partial charge on any atom is 0.164 e. The number of halogens is 2. The highest BCUT2D eigenvalue weighted by Gasteiger charge is 2.18. The molecule has 0 N–H and O–H groups in total. The number of benzene rings is 1. The van der Waals surface area contributed by atoms with Crippen LogP contribution in [0.1, 0.15) is 23.7 Å². The molecule has 2 heterocycles. The minimum atomic E-state index is -0.192. The molecule has 2 aromatic heterocycles. The van der Waals surface area contributed by atoms with E-state index in [0.717, 1.165) is 32.7 Å². The molecular formula is C15H13BrClN3. The van der Waals surface area contributed by atoms with Gasteiger partial charge in [0.25, 0.3) is 0 Å². The van der Waals surface area contributed by atoms with Crippen LogP contribution >= 0.6 is 27.5 Å². The second kappa shape index (κ2) is 5.19. The van der Waals surface area contributed by atoms with Gasteiger partial charge in [0.1, 0.15) is 11.3 Å². The number of rotatable bonds is 2. The normalized spacial score (nSPS) is 12.8. The number of nitrogens with zero attached hydrogens (tertiary/aromatic N) is 3. The van der Waals surface area contributed by atoms with E-state index in [1.54, 1.807) is 6.20 Å². The van der Waals surface area contributed by atoms with Gasteiger partial charge >= 0.3 is 0 Å². The molecular weight excluding hydrogens is 338 g/mol. The average Bonchev–Trinajstić information content (AvgIpc) is 2.81. The number of hydrogen-bond acceptors (Lipinski definition) is 2. The van der Waals surface area contributed by atoms with Crippen LogP contribution < -0.4 is 0 Å². The first kappa shape index (κ1) is 13.6. The summed E-state index contributed by atoms with van der Waals surface area (Å²) in [6, 6.07) is 9.92. The quantitative estimate of drug-likeness (QED) is 0.622. The number of aromatic nitrogens is 3. The maximum absolute atomic E-state index is 6.30. The molecule has 0 saturated heterocycles. The van der Waals surface area contributed by atoms with Crippen molar-refractivity contribution in [3.8, 4) is 5.69 Å². The Morgan fingerprint density at radius 3 is 2.80 bits per heavy atom.